The van der Waals surface area contributed by atoms with Crippen molar-refractivity contribution in [1.82, 2.24) is 10.3 Å². The molecule has 5 aromatic rings. The number of nitrogens with one attached hydrogen (secondary N) is 3. The van der Waals surface area contributed by atoms with E-state index in [1.54, 1.807) is 72.0 Å². The summed E-state index contributed by atoms with van der Waals surface area (Å²) >= 11 is 4.36. The summed E-state index contributed by atoms with van der Waals surface area (Å²) < 4.78 is 16.4. The van der Waals surface area contributed by atoms with Crippen LogP contribution >= 0.6 is 34.4 Å². The van der Waals surface area contributed by atoms with E-state index in [1.807, 2.05) is 35.9 Å². The first-order valence-electron chi connectivity index (χ1n) is 15.1. The molecule has 0 radical (unpaired) electrons. The molecule has 13 heteroatoms. The molecule has 3 amide bonds. The first-order valence-corrected chi connectivity index (χ1v) is 17.7. The number of nitrogens with zero attached hydrogens (tertiary/aromatic N) is 1. The van der Waals surface area contributed by atoms with Crippen molar-refractivity contribution in [2.45, 2.75) is 23.5 Å². The van der Waals surface area contributed by atoms with Crippen molar-refractivity contribution in [2.75, 3.05) is 32.0 Å². The molecule has 5 rings (SSSR count). The third kappa shape index (κ3) is 9.08. The van der Waals surface area contributed by atoms with E-state index in [0.29, 0.717) is 45.6 Å². The summed E-state index contributed by atoms with van der Waals surface area (Å²) in [6.45, 7) is 1.94. The number of anilines is 2. The molecule has 0 fully saturated rings. The van der Waals surface area contributed by atoms with Gasteiger partial charge in [-0.15, -0.1) is 34.4 Å². The van der Waals surface area contributed by atoms with Gasteiger partial charge in [-0.3, -0.25) is 14.4 Å². The minimum atomic E-state index is -0.571. The van der Waals surface area contributed by atoms with Crippen LogP contribution < -0.4 is 30.2 Å². The lowest BCUT2D eigenvalue weighted by atomic mass is 10.1. The third-order valence-electron chi connectivity index (χ3n) is 7.11. The van der Waals surface area contributed by atoms with Gasteiger partial charge < -0.3 is 30.2 Å². The zero-order valence-corrected chi connectivity index (χ0v) is 29.6. The van der Waals surface area contributed by atoms with Gasteiger partial charge in [0.2, 0.25) is 5.91 Å². The van der Waals surface area contributed by atoms with Gasteiger partial charge in [0.05, 0.1) is 37.2 Å². The first kappa shape index (κ1) is 35.2. The highest BCUT2D eigenvalue weighted by Crippen LogP contribution is 2.36. The lowest BCUT2D eigenvalue weighted by Crippen LogP contribution is -2.30. The summed E-state index contributed by atoms with van der Waals surface area (Å²) in [7, 11) is 4.50. The normalized spacial score (nSPS) is 11.7. The fourth-order valence-electron chi connectivity index (χ4n) is 4.65. The van der Waals surface area contributed by atoms with Crippen molar-refractivity contribution in [2.24, 2.45) is 0 Å². The number of hydrogen-bond donors (Lipinski definition) is 3. The van der Waals surface area contributed by atoms with Gasteiger partial charge in [-0.05, 0) is 60.3 Å². The molecule has 0 saturated carbocycles. The van der Waals surface area contributed by atoms with Crippen LogP contribution in [0.3, 0.4) is 0 Å². The van der Waals surface area contributed by atoms with Gasteiger partial charge in [0.25, 0.3) is 11.8 Å². The molecular weight excluding hydrogens is 681 g/mol. The summed E-state index contributed by atoms with van der Waals surface area (Å²) in [5, 5.41) is 12.6. The van der Waals surface area contributed by atoms with Crippen molar-refractivity contribution < 1.29 is 28.6 Å². The van der Waals surface area contributed by atoms with Crippen LogP contribution in [0.1, 0.15) is 29.3 Å². The average molecular weight is 715 g/mol. The Labute approximate surface area is 296 Å². The van der Waals surface area contributed by atoms with Crippen LogP contribution in [-0.4, -0.2) is 49.3 Å². The van der Waals surface area contributed by atoms with Gasteiger partial charge >= 0.3 is 0 Å². The fourth-order valence-corrected chi connectivity index (χ4v) is 7.14. The SMILES string of the molecule is CCC(Sc1cccc(NC(=O)/C(=C\c2cc(OC)c(OC)cc2OC)NC(=O)c2ccccc2)c1)C(=O)Nc1nc(-c2cccs2)cs1. The molecule has 0 saturated heterocycles. The Hall–Kier alpha value is -5.11. The van der Waals surface area contributed by atoms with Crippen LogP contribution in [0.4, 0.5) is 10.8 Å². The number of carbonyl (C=O) groups excluding carboxylic acids is 3. The van der Waals surface area contributed by atoms with E-state index in [2.05, 4.69) is 20.9 Å². The van der Waals surface area contributed by atoms with E-state index in [9.17, 15) is 14.4 Å². The third-order valence-corrected chi connectivity index (χ3v) is 10.1. The molecule has 3 N–H and O–H groups in total. The van der Waals surface area contributed by atoms with Gasteiger partial charge in [-0.2, -0.15) is 0 Å². The number of thiophene rings is 1. The predicted molar refractivity (Wildman–Crippen MR) is 197 cm³/mol. The van der Waals surface area contributed by atoms with E-state index in [4.69, 9.17) is 14.2 Å². The summed E-state index contributed by atoms with van der Waals surface area (Å²) in [6, 6.07) is 23.0. The first-order chi connectivity index (χ1) is 23.8. The van der Waals surface area contributed by atoms with E-state index in [-0.39, 0.29) is 11.6 Å². The highest BCUT2D eigenvalue weighted by molar-refractivity contribution is 8.00. The zero-order chi connectivity index (χ0) is 34.8. The van der Waals surface area contributed by atoms with Crippen molar-refractivity contribution in [3.05, 3.63) is 106 Å². The minimum absolute atomic E-state index is 0.0337. The van der Waals surface area contributed by atoms with Crippen molar-refractivity contribution in [1.29, 1.82) is 0 Å². The highest BCUT2D eigenvalue weighted by atomic mass is 32.2. The van der Waals surface area contributed by atoms with Crippen LogP contribution in [0, 0.1) is 0 Å². The Morgan fingerprint density at radius 1 is 0.857 bits per heavy atom. The maximum atomic E-state index is 13.8. The molecule has 0 aliphatic rings. The Balaban J connectivity index is 1.35. The number of methoxy groups -OCH3 is 3. The molecule has 0 spiro atoms. The largest absolute Gasteiger partial charge is 0.496 e. The number of thioether (sulfide) groups is 1. The monoisotopic (exact) mass is 714 g/mol. The van der Waals surface area contributed by atoms with Crippen LogP contribution in [-0.2, 0) is 9.59 Å². The van der Waals surface area contributed by atoms with E-state index >= 15 is 0 Å². The molecule has 1 atom stereocenters. The van der Waals surface area contributed by atoms with Gasteiger partial charge in [0.15, 0.2) is 16.6 Å². The molecule has 2 aromatic heterocycles. The minimum Gasteiger partial charge on any atom is -0.496 e. The molecule has 3 aromatic carbocycles. The molecular formula is C36H34N4O6S3. The summed E-state index contributed by atoms with van der Waals surface area (Å²) in [5.41, 5.74) is 2.13. The molecule has 10 nitrogen and oxygen atoms in total. The van der Waals surface area contributed by atoms with Crippen molar-refractivity contribution in [3.63, 3.8) is 0 Å². The number of rotatable bonds is 14. The number of aromatic nitrogens is 1. The molecule has 49 heavy (non-hydrogen) atoms. The second kappa shape index (κ2) is 16.8. The smallest absolute Gasteiger partial charge is 0.272 e. The highest BCUT2D eigenvalue weighted by Gasteiger charge is 2.21. The van der Waals surface area contributed by atoms with E-state index in [1.165, 1.54) is 50.5 Å². The average Bonchev–Trinajstić information content (AvgIpc) is 3.83. The summed E-state index contributed by atoms with van der Waals surface area (Å²) in [4.78, 5) is 46.6. The van der Waals surface area contributed by atoms with Crippen LogP contribution in [0.15, 0.2) is 100 Å². The predicted octanol–water partition coefficient (Wildman–Crippen LogP) is 7.82. The van der Waals surface area contributed by atoms with Gasteiger partial charge in [-0.25, -0.2) is 4.98 Å². The Morgan fingerprint density at radius 3 is 2.31 bits per heavy atom. The van der Waals surface area contributed by atoms with Crippen molar-refractivity contribution in [3.8, 4) is 27.8 Å². The number of ether oxygens (including phenoxy) is 3. The number of carbonyl (C=O) groups is 3. The molecule has 2 heterocycles. The maximum Gasteiger partial charge on any atom is 0.272 e. The Kier molecular flexibility index (Phi) is 12.1. The standard InChI is InChI=1S/C36H34N4O6S3/c1-5-31(35(43)40-36-39-27(21-48-36)32-15-10-16-47-32)49-25-14-9-13-24(19-25)37-34(42)26(38-33(41)22-11-7-6-8-12-22)17-23-18-29(45-3)30(46-4)20-28(23)44-2/h6-21,31H,5H2,1-4H3,(H,37,42)(H,38,41)(H,39,40,43)/b26-17+. The Bertz CT molecular complexity index is 1940. The fraction of sp³-hybridized carbons (Fsp3) is 0.167. The molecule has 0 aliphatic carbocycles. The quantitative estimate of drug-likeness (QED) is 0.0785. The number of benzene rings is 3. The zero-order valence-electron chi connectivity index (χ0n) is 27.1. The second-order valence-electron chi connectivity index (χ2n) is 10.3. The number of amides is 3. The lowest BCUT2D eigenvalue weighted by Gasteiger charge is -2.16. The maximum absolute atomic E-state index is 13.8. The molecule has 252 valence electrons. The van der Waals surface area contributed by atoms with Crippen LogP contribution in [0.25, 0.3) is 16.6 Å². The van der Waals surface area contributed by atoms with Crippen LogP contribution in [0.5, 0.6) is 17.2 Å². The van der Waals surface area contributed by atoms with Gasteiger partial charge in [0, 0.05) is 33.2 Å². The summed E-state index contributed by atoms with van der Waals surface area (Å²) in [5.74, 6) is 0.0646. The van der Waals surface area contributed by atoms with E-state index in [0.717, 1.165) is 15.5 Å². The number of hydrogen-bond acceptors (Lipinski definition) is 10. The molecule has 1 unspecified atom stereocenters. The van der Waals surface area contributed by atoms with E-state index < -0.39 is 17.1 Å². The summed E-state index contributed by atoms with van der Waals surface area (Å²) in [6.07, 6.45) is 2.08. The van der Waals surface area contributed by atoms with Crippen LogP contribution in [0.2, 0.25) is 0 Å². The molecule has 0 aliphatic heterocycles. The Morgan fingerprint density at radius 2 is 1.61 bits per heavy atom. The van der Waals surface area contributed by atoms with Crippen molar-refractivity contribution >= 4 is 69.1 Å². The topological polar surface area (TPSA) is 128 Å². The lowest BCUT2D eigenvalue weighted by molar-refractivity contribution is -0.116. The van der Waals surface area contributed by atoms with Gasteiger partial charge in [0.1, 0.15) is 11.4 Å². The number of thiazole rings is 1. The van der Waals surface area contributed by atoms with Gasteiger partial charge in [-0.1, -0.05) is 37.3 Å². The molecule has 0 bridgehead atoms. The second-order valence-corrected chi connectivity index (χ2v) is 13.4.